The van der Waals surface area contributed by atoms with Crippen LogP contribution in [0.4, 0.5) is 10.5 Å². The van der Waals surface area contributed by atoms with Gasteiger partial charge in [-0.25, -0.2) is 13.2 Å². The molecule has 1 aromatic rings. The molecule has 0 aliphatic carbocycles. The number of hydrogen-bond donors (Lipinski definition) is 1. The second-order valence-electron chi connectivity index (χ2n) is 5.65. The lowest BCUT2D eigenvalue weighted by Gasteiger charge is -2.22. The van der Waals surface area contributed by atoms with Gasteiger partial charge in [-0.15, -0.1) is 0 Å². The van der Waals surface area contributed by atoms with Gasteiger partial charge in [-0.2, -0.15) is 0 Å². The summed E-state index contributed by atoms with van der Waals surface area (Å²) >= 11 is 0. The van der Waals surface area contributed by atoms with E-state index in [1.165, 1.54) is 29.2 Å². The molecule has 0 aromatic heterocycles. The van der Waals surface area contributed by atoms with Crippen molar-refractivity contribution in [2.75, 3.05) is 19.4 Å². The van der Waals surface area contributed by atoms with Gasteiger partial charge in [0, 0.05) is 24.9 Å². The first-order valence-corrected chi connectivity index (χ1v) is 9.14. The molecule has 0 saturated carbocycles. The Balaban J connectivity index is 1.97. The van der Waals surface area contributed by atoms with Gasteiger partial charge in [-0.05, 0) is 24.1 Å². The highest BCUT2D eigenvalue weighted by molar-refractivity contribution is 7.91. The molecule has 0 radical (unpaired) electrons. The van der Waals surface area contributed by atoms with Crippen LogP contribution in [0.3, 0.4) is 0 Å². The number of nitrogens with zero attached hydrogens (tertiary/aromatic N) is 2. The first kappa shape index (κ1) is 18.1. The summed E-state index contributed by atoms with van der Waals surface area (Å²) in [4.78, 5) is 23.4. The molecule has 1 heterocycles. The minimum atomic E-state index is -3.32. The van der Waals surface area contributed by atoms with Gasteiger partial charge in [-0.1, -0.05) is 0 Å². The zero-order valence-corrected chi connectivity index (χ0v) is 13.8. The number of nitro benzene ring substituents is 1. The topological polar surface area (TPSA) is 127 Å². The summed E-state index contributed by atoms with van der Waals surface area (Å²) in [5, 5.41) is 19.2. The second-order valence-corrected chi connectivity index (χ2v) is 7.98. The maximum absolute atomic E-state index is 12.1. The summed E-state index contributed by atoms with van der Waals surface area (Å²) in [5.74, 6) is 0. The molecule has 2 atom stereocenters. The van der Waals surface area contributed by atoms with E-state index in [9.17, 15) is 28.4 Å². The first-order chi connectivity index (χ1) is 11.2. The van der Waals surface area contributed by atoms with Crippen LogP contribution in [0.15, 0.2) is 24.3 Å². The summed E-state index contributed by atoms with van der Waals surface area (Å²) in [6.07, 6.45) is 0.540. The van der Waals surface area contributed by atoms with Gasteiger partial charge in [0.25, 0.3) is 5.69 Å². The Morgan fingerprint density at radius 3 is 2.54 bits per heavy atom. The van der Waals surface area contributed by atoms with Crippen molar-refractivity contribution in [1.29, 1.82) is 0 Å². The Morgan fingerprint density at radius 2 is 2.04 bits per heavy atom. The van der Waals surface area contributed by atoms with Crippen molar-refractivity contribution in [1.82, 2.24) is 4.90 Å². The number of likely N-dealkylation sites (tertiary alicyclic amines) is 1. The molecule has 1 amide bonds. The number of aliphatic hydroxyl groups excluding tert-OH is 1. The predicted molar refractivity (Wildman–Crippen MR) is 84.1 cm³/mol. The van der Waals surface area contributed by atoms with Gasteiger partial charge in [0.1, 0.15) is 6.61 Å². The minimum absolute atomic E-state index is 0.0246. The van der Waals surface area contributed by atoms with Crippen molar-refractivity contribution >= 4 is 21.6 Å². The number of ether oxygens (including phenoxy) is 1. The molecule has 0 unspecified atom stereocenters. The quantitative estimate of drug-likeness (QED) is 0.606. The highest BCUT2D eigenvalue weighted by Gasteiger charge is 2.40. The van der Waals surface area contributed by atoms with Crippen LogP contribution in [0.1, 0.15) is 12.0 Å². The maximum Gasteiger partial charge on any atom is 0.410 e. The molecule has 1 fully saturated rings. The molecule has 1 N–H and O–H groups in total. The molecule has 24 heavy (non-hydrogen) atoms. The van der Waals surface area contributed by atoms with Crippen LogP contribution in [-0.4, -0.2) is 60.1 Å². The first-order valence-electron chi connectivity index (χ1n) is 7.19. The van der Waals surface area contributed by atoms with Crippen molar-refractivity contribution in [3.05, 3.63) is 39.9 Å². The van der Waals surface area contributed by atoms with Gasteiger partial charge in [0.15, 0.2) is 9.84 Å². The number of rotatable bonds is 5. The Morgan fingerprint density at radius 1 is 1.42 bits per heavy atom. The third kappa shape index (κ3) is 4.20. The van der Waals surface area contributed by atoms with Crippen molar-refractivity contribution < 1.29 is 28.0 Å². The summed E-state index contributed by atoms with van der Waals surface area (Å²) in [7, 11) is -3.32. The molecule has 1 saturated heterocycles. The fourth-order valence-electron chi connectivity index (χ4n) is 2.52. The van der Waals surface area contributed by atoms with Crippen molar-refractivity contribution in [3.8, 4) is 0 Å². The number of carbonyl (C=O) groups excluding carboxylic acids is 1. The summed E-state index contributed by atoms with van der Waals surface area (Å²) < 4.78 is 28.3. The molecule has 1 aliphatic rings. The van der Waals surface area contributed by atoms with E-state index < -0.39 is 32.1 Å². The Labute approximate surface area is 138 Å². The van der Waals surface area contributed by atoms with Gasteiger partial charge < -0.3 is 14.7 Å². The lowest BCUT2D eigenvalue weighted by Crippen LogP contribution is -2.38. The monoisotopic (exact) mass is 358 g/mol. The number of sulfone groups is 1. The fraction of sp³-hybridized carbons (Fsp3) is 0.500. The van der Waals surface area contributed by atoms with Crippen LogP contribution in [-0.2, 0) is 21.2 Å². The number of carbonyl (C=O) groups is 1. The fourth-order valence-corrected chi connectivity index (χ4v) is 3.53. The maximum atomic E-state index is 12.1. The van der Waals surface area contributed by atoms with E-state index in [4.69, 9.17) is 4.74 Å². The van der Waals surface area contributed by atoms with Crippen molar-refractivity contribution in [3.63, 3.8) is 0 Å². The number of nitro groups is 1. The summed E-state index contributed by atoms with van der Waals surface area (Å²) in [6, 6.07) is 4.94. The standard InChI is InChI=1S/C14H18N2O7S/c1-24(21,22)13-6-12(8-17)15(7-13)14(18)23-9-10-2-4-11(5-3-10)16(19)20/h2-5,12-13,17H,6-9H2,1H3/t12-,13+/m0/s1. The lowest BCUT2D eigenvalue weighted by atomic mass is 10.2. The number of hydrogen-bond acceptors (Lipinski definition) is 7. The zero-order valence-electron chi connectivity index (χ0n) is 13.0. The smallest absolute Gasteiger partial charge is 0.410 e. The SMILES string of the molecule is CS(=O)(=O)[C@@H]1C[C@@H](CO)N(C(=O)OCc2ccc([N+](=O)[O-])cc2)C1. The van der Waals surface area contributed by atoms with E-state index in [0.29, 0.717) is 5.56 Å². The molecule has 0 spiro atoms. The summed E-state index contributed by atoms with van der Waals surface area (Å²) in [5.41, 5.74) is 0.495. The van der Waals surface area contributed by atoms with E-state index in [-0.39, 0.29) is 31.9 Å². The van der Waals surface area contributed by atoms with Crippen LogP contribution in [0, 0.1) is 10.1 Å². The van der Waals surface area contributed by atoms with Crippen LogP contribution >= 0.6 is 0 Å². The molecular weight excluding hydrogens is 340 g/mol. The minimum Gasteiger partial charge on any atom is -0.445 e. The molecule has 2 rings (SSSR count). The molecule has 10 heteroatoms. The lowest BCUT2D eigenvalue weighted by molar-refractivity contribution is -0.384. The molecule has 132 valence electrons. The van der Waals surface area contributed by atoms with Gasteiger partial charge in [0.05, 0.1) is 22.8 Å². The van der Waals surface area contributed by atoms with Crippen LogP contribution in [0.5, 0.6) is 0 Å². The van der Waals surface area contributed by atoms with E-state index >= 15 is 0 Å². The Kier molecular flexibility index (Phi) is 5.40. The van der Waals surface area contributed by atoms with Gasteiger partial charge in [-0.3, -0.25) is 10.1 Å². The average Bonchev–Trinajstić information content (AvgIpc) is 2.97. The Bertz CT molecular complexity index is 717. The zero-order chi connectivity index (χ0) is 17.9. The van der Waals surface area contributed by atoms with E-state index in [2.05, 4.69) is 0 Å². The van der Waals surface area contributed by atoms with Gasteiger partial charge >= 0.3 is 6.09 Å². The molecule has 0 bridgehead atoms. The molecular formula is C14H18N2O7S. The number of non-ortho nitro benzene ring substituents is 1. The third-order valence-electron chi connectivity index (χ3n) is 3.94. The predicted octanol–water partition coefficient (Wildman–Crippen LogP) is 0.711. The van der Waals surface area contributed by atoms with Crippen molar-refractivity contribution in [2.24, 2.45) is 0 Å². The highest BCUT2D eigenvalue weighted by atomic mass is 32.2. The van der Waals surface area contributed by atoms with Crippen LogP contribution in [0.2, 0.25) is 0 Å². The van der Waals surface area contributed by atoms with E-state index in [0.717, 1.165) is 6.26 Å². The molecule has 1 aliphatic heterocycles. The molecule has 1 aromatic carbocycles. The van der Waals surface area contributed by atoms with E-state index in [1.54, 1.807) is 0 Å². The summed E-state index contributed by atoms with van der Waals surface area (Å²) in [6.45, 7) is -0.475. The Hall–Kier alpha value is -2.20. The number of amides is 1. The number of aliphatic hydroxyl groups is 1. The van der Waals surface area contributed by atoms with E-state index in [1.807, 2.05) is 0 Å². The molecule has 9 nitrogen and oxygen atoms in total. The normalized spacial score (nSPS) is 20.8. The third-order valence-corrected chi connectivity index (χ3v) is 5.49. The average molecular weight is 358 g/mol. The van der Waals surface area contributed by atoms with Crippen molar-refractivity contribution in [2.45, 2.75) is 24.3 Å². The highest BCUT2D eigenvalue weighted by Crippen LogP contribution is 2.24. The van der Waals surface area contributed by atoms with Crippen LogP contribution < -0.4 is 0 Å². The van der Waals surface area contributed by atoms with Gasteiger partial charge in [0.2, 0.25) is 0 Å². The largest absolute Gasteiger partial charge is 0.445 e. The number of benzene rings is 1. The second kappa shape index (κ2) is 7.14. The van der Waals surface area contributed by atoms with Crippen LogP contribution in [0.25, 0.3) is 0 Å².